The zero-order valence-electron chi connectivity index (χ0n) is 16.6. The van der Waals surface area contributed by atoms with Crippen LogP contribution in [0.5, 0.6) is 0 Å². The second-order valence-corrected chi connectivity index (χ2v) is 10.5. The van der Waals surface area contributed by atoms with Gasteiger partial charge in [-0.1, -0.05) is 38.1 Å². The van der Waals surface area contributed by atoms with Gasteiger partial charge in [0.2, 0.25) is 0 Å². The van der Waals surface area contributed by atoms with Gasteiger partial charge in [-0.3, -0.25) is 9.09 Å². The van der Waals surface area contributed by atoms with Crippen LogP contribution in [0, 0.1) is 17.6 Å². The molecule has 0 saturated carbocycles. The molecule has 1 atom stereocenters. The summed E-state index contributed by atoms with van der Waals surface area (Å²) in [7, 11) is -4.29. The molecule has 1 heterocycles. The van der Waals surface area contributed by atoms with Crippen molar-refractivity contribution >= 4 is 40.4 Å². The summed E-state index contributed by atoms with van der Waals surface area (Å²) in [5.74, 6) is -2.02. The first kappa shape index (κ1) is 21.8. The molecule has 0 aliphatic carbocycles. The Labute approximate surface area is 173 Å². The Morgan fingerprint density at radius 3 is 2.45 bits per heavy atom. The third-order valence-corrected chi connectivity index (χ3v) is 7.98. The van der Waals surface area contributed by atoms with E-state index in [-0.39, 0.29) is 16.8 Å². The number of benzene rings is 2. The van der Waals surface area contributed by atoms with E-state index in [1.54, 1.807) is 19.9 Å². The summed E-state index contributed by atoms with van der Waals surface area (Å²) in [4.78, 5) is 11.5. The maximum absolute atomic E-state index is 13.7. The number of hydrogen-bond acceptors (Lipinski definition) is 3. The molecule has 2 aromatic carbocycles. The second kappa shape index (κ2) is 8.11. The van der Waals surface area contributed by atoms with Crippen LogP contribution in [0.4, 0.5) is 8.78 Å². The highest BCUT2D eigenvalue weighted by Crippen LogP contribution is 2.61. The normalized spacial score (nSPS) is 15.1. The third-order valence-electron chi connectivity index (χ3n) is 4.98. The fourth-order valence-electron chi connectivity index (χ4n) is 2.63. The SMILES string of the molecule is CC(C)C(C)(C)OP(=O)(O)C(=Cc1ccc(F)c(F)c1)c1cc2ccccc2s1. The Hall–Kier alpha value is -1.85. The van der Waals surface area contributed by atoms with E-state index in [1.807, 2.05) is 38.1 Å². The molecule has 29 heavy (non-hydrogen) atoms. The highest BCUT2D eigenvalue weighted by Gasteiger charge is 2.37. The molecule has 1 N–H and O–H groups in total. The molecule has 7 heteroatoms. The summed E-state index contributed by atoms with van der Waals surface area (Å²) in [6.45, 7) is 7.30. The van der Waals surface area contributed by atoms with Gasteiger partial charge >= 0.3 is 7.60 Å². The number of halogens is 2. The van der Waals surface area contributed by atoms with E-state index in [0.29, 0.717) is 4.88 Å². The quantitative estimate of drug-likeness (QED) is 0.412. The summed E-state index contributed by atoms with van der Waals surface area (Å²) in [5.41, 5.74) is -0.592. The van der Waals surface area contributed by atoms with Crippen molar-refractivity contribution in [2.75, 3.05) is 0 Å². The van der Waals surface area contributed by atoms with Crippen molar-refractivity contribution in [2.45, 2.75) is 33.3 Å². The molecule has 154 valence electrons. The molecular weight excluding hydrogens is 413 g/mol. The van der Waals surface area contributed by atoms with Crippen molar-refractivity contribution in [1.29, 1.82) is 0 Å². The maximum Gasteiger partial charge on any atom is 0.360 e. The predicted molar refractivity (Wildman–Crippen MR) is 116 cm³/mol. The van der Waals surface area contributed by atoms with Crippen LogP contribution in [0.3, 0.4) is 0 Å². The molecule has 0 amide bonds. The first-order valence-corrected chi connectivity index (χ1v) is 11.6. The van der Waals surface area contributed by atoms with Gasteiger partial charge in [0.1, 0.15) is 0 Å². The lowest BCUT2D eigenvalue weighted by atomic mass is 9.95. The van der Waals surface area contributed by atoms with E-state index in [4.69, 9.17) is 4.52 Å². The fraction of sp³-hybridized carbons (Fsp3) is 0.273. The van der Waals surface area contributed by atoms with Crippen LogP contribution < -0.4 is 0 Å². The number of fused-ring (bicyclic) bond motifs is 1. The van der Waals surface area contributed by atoms with E-state index in [2.05, 4.69) is 0 Å². The molecule has 0 fully saturated rings. The Balaban J connectivity index is 2.16. The first-order valence-electron chi connectivity index (χ1n) is 9.19. The summed E-state index contributed by atoms with van der Waals surface area (Å²) < 4.78 is 47.1. The maximum atomic E-state index is 13.7. The van der Waals surface area contributed by atoms with Crippen molar-refractivity contribution < 1.29 is 22.8 Å². The van der Waals surface area contributed by atoms with Crippen molar-refractivity contribution in [1.82, 2.24) is 0 Å². The lowest BCUT2D eigenvalue weighted by molar-refractivity contribution is 0.0515. The number of hydrogen-bond donors (Lipinski definition) is 1. The smallest absolute Gasteiger partial charge is 0.321 e. The van der Waals surface area contributed by atoms with Crippen LogP contribution in [0.2, 0.25) is 0 Å². The van der Waals surface area contributed by atoms with Gasteiger partial charge in [0.15, 0.2) is 11.6 Å². The third kappa shape index (κ3) is 4.84. The van der Waals surface area contributed by atoms with Crippen LogP contribution in [0.1, 0.15) is 38.1 Å². The summed E-state index contributed by atoms with van der Waals surface area (Å²) in [5, 5.41) is 0.977. The number of rotatable bonds is 6. The molecule has 0 aliphatic heterocycles. The molecule has 3 nitrogen and oxygen atoms in total. The van der Waals surface area contributed by atoms with E-state index in [9.17, 15) is 18.2 Å². The molecular formula is C22H23F2O3PS. The molecule has 3 aromatic rings. The van der Waals surface area contributed by atoms with Crippen molar-refractivity contribution in [3.8, 4) is 0 Å². The first-order chi connectivity index (χ1) is 13.5. The minimum atomic E-state index is -4.29. The summed E-state index contributed by atoms with van der Waals surface area (Å²) in [6.07, 6.45) is 1.39. The van der Waals surface area contributed by atoms with E-state index in [1.165, 1.54) is 23.5 Å². The largest absolute Gasteiger partial charge is 0.360 e. The van der Waals surface area contributed by atoms with Crippen molar-refractivity contribution in [3.63, 3.8) is 0 Å². The predicted octanol–water partition coefficient (Wildman–Crippen LogP) is 7.31. The zero-order valence-corrected chi connectivity index (χ0v) is 18.4. The van der Waals surface area contributed by atoms with Gasteiger partial charge in [-0.15, -0.1) is 11.3 Å². The molecule has 1 unspecified atom stereocenters. The molecule has 0 radical (unpaired) electrons. The highest BCUT2D eigenvalue weighted by atomic mass is 32.1. The molecule has 0 bridgehead atoms. The minimum Gasteiger partial charge on any atom is -0.321 e. The Morgan fingerprint density at radius 1 is 1.14 bits per heavy atom. The van der Waals surface area contributed by atoms with Crippen LogP contribution in [0.15, 0.2) is 48.5 Å². The molecule has 3 rings (SSSR count). The standard InChI is InChI=1S/C22H23F2O3PS/c1-14(2)22(3,4)27-28(25,26)19(12-15-9-10-17(23)18(24)11-15)21-13-16-7-5-6-8-20(16)29-21/h5-14H,1-4H3,(H,25,26). The van der Waals surface area contributed by atoms with Crippen LogP contribution in [-0.2, 0) is 9.09 Å². The second-order valence-electron chi connectivity index (χ2n) is 7.72. The molecule has 0 saturated heterocycles. The van der Waals surface area contributed by atoms with E-state index >= 15 is 0 Å². The van der Waals surface area contributed by atoms with Crippen LogP contribution in [-0.4, -0.2) is 10.5 Å². The van der Waals surface area contributed by atoms with Gasteiger partial charge in [-0.05, 0) is 61.1 Å². The van der Waals surface area contributed by atoms with Crippen molar-refractivity contribution in [3.05, 3.63) is 70.6 Å². The van der Waals surface area contributed by atoms with Gasteiger partial charge in [-0.25, -0.2) is 8.78 Å². The van der Waals surface area contributed by atoms with Gasteiger partial charge in [0, 0.05) is 9.58 Å². The van der Waals surface area contributed by atoms with Gasteiger partial charge in [0.05, 0.1) is 10.9 Å². The van der Waals surface area contributed by atoms with Gasteiger partial charge in [-0.2, -0.15) is 0 Å². The topological polar surface area (TPSA) is 46.5 Å². The summed E-state index contributed by atoms with van der Waals surface area (Å²) in [6, 6.07) is 12.7. The summed E-state index contributed by atoms with van der Waals surface area (Å²) >= 11 is 1.34. The Morgan fingerprint density at radius 2 is 1.83 bits per heavy atom. The average molecular weight is 436 g/mol. The lowest BCUT2D eigenvalue weighted by Gasteiger charge is -2.32. The fourth-order valence-corrected chi connectivity index (χ4v) is 5.70. The monoisotopic (exact) mass is 436 g/mol. The molecule has 0 spiro atoms. The highest BCUT2D eigenvalue weighted by molar-refractivity contribution is 7.65. The zero-order chi connectivity index (χ0) is 21.4. The van der Waals surface area contributed by atoms with Crippen molar-refractivity contribution in [2.24, 2.45) is 5.92 Å². The Kier molecular flexibility index (Phi) is 6.11. The van der Waals surface area contributed by atoms with E-state index in [0.717, 1.165) is 22.2 Å². The molecule has 1 aromatic heterocycles. The van der Waals surface area contributed by atoms with E-state index < -0.39 is 24.8 Å². The minimum absolute atomic E-state index is 0.0186. The number of thiophene rings is 1. The van der Waals surface area contributed by atoms with Crippen LogP contribution >= 0.6 is 18.9 Å². The molecule has 0 aliphatic rings. The van der Waals surface area contributed by atoms with Gasteiger partial charge < -0.3 is 4.89 Å². The average Bonchev–Trinajstić information content (AvgIpc) is 3.05. The van der Waals surface area contributed by atoms with Crippen LogP contribution in [0.25, 0.3) is 21.5 Å². The Bertz CT molecular complexity index is 1090. The van der Waals surface area contributed by atoms with Gasteiger partial charge in [0.25, 0.3) is 0 Å². The lowest BCUT2D eigenvalue weighted by Crippen LogP contribution is -2.29.